The van der Waals surface area contributed by atoms with E-state index in [4.69, 9.17) is 4.74 Å². The number of rotatable bonds is 6. The molecule has 1 fully saturated rings. The van der Waals surface area contributed by atoms with Crippen molar-refractivity contribution in [3.63, 3.8) is 0 Å². The van der Waals surface area contributed by atoms with E-state index in [0.29, 0.717) is 19.7 Å². The van der Waals surface area contributed by atoms with Gasteiger partial charge in [-0.2, -0.15) is 0 Å². The van der Waals surface area contributed by atoms with E-state index in [1.165, 1.54) is 0 Å². The second kappa shape index (κ2) is 6.26. The Morgan fingerprint density at radius 1 is 1.32 bits per heavy atom. The highest BCUT2D eigenvalue weighted by Gasteiger charge is 2.30. The third-order valence-electron chi connectivity index (χ3n) is 3.67. The van der Waals surface area contributed by atoms with Gasteiger partial charge in [0.2, 0.25) is 0 Å². The summed E-state index contributed by atoms with van der Waals surface area (Å²) in [5.41, 5.74) is 0.236. The summed E-state index contributed by atoms with van der Waals surface area (Å²) in [4.78, 5) is 0. The summed E-state index contributed by atoms with van der Waals surface area (Å²) in [5, 5.41) is 23.3. The van der Waals surface area contributed by atoms with Gasteiger partial charge in [-0.3, -0.25) is 0 Å². The Bertz CT molecular complexity index is 414. The Morgan fingerprint density at radius 3 is 2.74 bits per heavy atom. The molecule has 1 aromatic carbocycles. The summed E-state index contributed by atoms with van der Waals surface area (Å²) in [6.07, 6.45) is 3.93. The fourth-order valence-electron chi connectivity index (χ4n) is 2.60. The lowest BCUT2D eigenvalue weighted by atomic mass is 10.0. The van der Waals surface area contributed by atoms with Crippen molar-refractivity contribution in [1.29, 1.82) is 0 Å². The van der Waals surface area contributed by atoms with E-state index in [2.05, 4.69) is 5.32 Å². The molecule has 0 amide bonds. The molecular formula is C15H23NO3. The second-order valence-electron chi connectivity index (χ2n) is 5.26. The summed E-state index contributed by atoms with van der Waals surface area (Å²) in [5.74, 6) is 1.02. The number of phenols is 1. The van der Waals surface area contributed by atoms with E-state index in [1.807, 2.05) is 13.0 Å². The molecule has 1 saturated carbocycles. The van der Waals surface area contributed by atoms with Gasteiger partial charge in [0.25, 0.3) is 0 Å². The van der Waals surface area contributed by atoms with Crippen LogP contribution in [-0.4, -0.2) is 29.0 Å². The third kappa shape index (κ3) is 3.85. The van der Waals surface area contributed by atoms with Crippen LogP contribution in [0.1, 0.15) is 38.2 Å². The lowest BCUT2D eigenvalue weighted by Crippen LogP contribution is -2.37. The topological polar surface area (TPSA) is 61.7 Å². The van der Waals surface area contributed by atoms with Crippen LogP contribution in [0.5, 0.6) is 11.5 Å². The molecule has 0 radical (unpaired) electrons. The van der Waals surface area contributed by atoms with E-state index in [9.17, 15) is 10.2 Å². The maximum atomic E-state index is 10.2. The van der Waals surface area contributed by atoms with E-state index < -0.39 is 5.60 Å². The van der Waals surface area contributed by atoms with Crippen LogP contribution in [0.2, 0.25) is 0 Å². The molecule has 106 valence electrons. The number of aliphatic hydroxyl groups is 1. The lowest BCUT2D eigenvalue weighted by molar-refractivity contribution is 0.0474. The molecule has 0 heterocycles. The van der Waals surface area contributed by atoms with Gasteiger partial charge in [-0.05, 0) is 38.0 Å². The van der Waals surface area contributed by atoms with Crippen LogP contribution in [0, 0.1) is 0 Å². The minimum Gasteiger partial charge on any atom is -0.508 e. The van der Waals surface area contributed by atoms with Crippen molar-refractivity contribution < 1.29 is 14.9 Å². The molecule has 4 nitrogen and oxygen atoms in total. The highest BCUT2D eigenvalue weighted by atomic mass is 16.5. The highest BCUT2D eigenvalue weighted by Crippen LogP contribution is 2.29. The van der Waals surface area contributed by atoms with Crippen molar-refractivity contribution in [1.82, 2.24) is 5.32 Å². The summed E-state index contributed by atoms with van der Waals surface area (Å²) < 4.78 is 5.41. The zero-order valence-electron chi connectivity index (χ0n) is 11.5. The van der Waals surface area contributed by atoms with E-state index in [1.54, 1.807) is 12.1 Å². The number of hydrogen-bond acceptors (Lipinski definition) is 4. The maximum absolute atomic E-state index is 10.2. The molecule has 0 spiro atoms. The third-order valence-corrected chi connectivity index (χ3v) is 3.67. The maximum Gasteiger partial charge on any atom is 0.120 e. The monoisotopic (exact) mass is 265 g/mol. The van der Waals surface area contributed by atoms with Crippen LogP contribution in [0.25, 0.3) is 0 Å². The molecule has 19 heavy (non-hydrogen) atoms. The van der Waals surface area contributed by atoms with Crippen LogP contribution in [0.3, 0.4) is 0 Å². The average Bonchev–Trinajstić information content (AvgIpc) is 2.81. The average molecular weight is 265 g/mol. The Kier molecular flexibility index (Phi) is 4.66. The van der Waals surface area contributed by atoms with Gasteiger partial charge in [0, 0.05) is 18.7 Å². The van der Waals surface area contributed by atoms with Crippen molar-refractivity contribution in [3.05, 3.63) is 23.8 Å². The molecule has 1 aliphatic carbocycles. The van der Waals surface area contributed by atoms with Gasteiger partial charge in [0.1, 0.15) is 11.5 Å². The number of nitrogens with one attached hydrogen (secondary N) is 1. The van der Waals surface area contributed by atoms with Crippen LogP contribution >= 0.6 is 0 Å². The fourth-order valence-corrected chi connectivity index (χ4v) is 2.60. The van der Waals surface area contributed by atoms with Crippen molar-refractivity contribution in [2.45, 2.75) is 44.8 Å². The largest absolute Gasteiger partial charge is 0.508 e. The van der Waals surface area contributed by atoms with E-state index in [-0.39, 0.29) is 5.75 Å². The molecule has 4 heteroatoms. The van der Waals surface area contributed by atoms with Gasteiger partial charge in [-0.25, -0.2) is 0 Å². The van der Waals surface area contributed by atoms with Gasteiger partial charge >= 0.3 is 0 Å². The standard InChI is InChI=1S/C15H23NO3/c1-2-19-13-5-6-14(17)12(9-13)10-16-11-15(18)7-3-4-8-15/h5-6,9,16-18H,2-4,7-8,10-11H2,1H3. The first-order chi connectivity index (χ1) is 9.13. The minimum atomic E-state index is -0.562. The molecule has 0 unspecified atom stereocenters. The molecule has 0 aliphatic heterocycles. The van der Waals surface area contributed by atoms with Gasteiger partial charge in [-0.15, -0.1) is 0 Å². The first kappa shape index (κ1) is 14.2. The van der Waals surface area contributed by atoms with Crippen LogP contribution in [0.15, 0.2) is 18.2 Å². The molecule has 0 saturated heterocycles. The first-order valence-electron chi connectivity index (χ1n) is 7.01. The molecule has 0 bridgehead atoms. The number of hydrogen-bond donors (Lipinski definition) is 3. The molecule has 0 atom stereocenters. The van der Waals surface area contributed by atoms with Crippen molar-refractivity contribution in [3.8, 4) is 11.5 Å². The predicted molar refractivity (Wildman–Crippen MR) is 74.4 cm³/mol. The summed E-state index contributed by atoms with van der Waals surface area (Å²) in [6.45, 7) is 3.65. The molecule has 2 rings (SSSR count). The fraction of sp³-hybridized carbons (Fsp3) is 0.600. The first-order valence-corrected chi connectivity index (χ1v) is 7.01. The van der Waals surface area contributed by atoms with Gasteiger partial charge in [0.15, 0.2) is 0 Å². The van der Waals surface area contributed by atoms with Gasteiger partial charge in [0.05, 0.1) is 12.2 Å². The minimum absolute atomic E-state index is 0.259. The zero-order chi connectivity index (χ0) is 13.7. The molecular weight excluding hydrogens is 242 g/mol. The highest BCUT2D eigenvalue weighted by molar-refractivity contribution is 5.39. The van der Waals surface area contributed by atoms with Gasteiger partial charge < -0.3 is 20.3 Å². The zero-order valence-corrected chi connectivity index (χ0v) is 11.5. The molecule has 0 aromatic heterocycles. The van der Waals surface area contributed by atoms with Crippen LogP contribution in [0.4, 0.5) is 0 Å². The summed E-state index contributed by atoms with van der Waals surface area (Å²) in [6, 6.07) is 5.24. The van der Waals surface area contributed by atoms with Crippen molar-refractivity contribution in [2.75, 3.05) is 13.2 Å². The molecule has 1 aliphatic rings. The number of phenolic OH excluding ortho intramolecular Hbond substituents is 1. The Balaban J connectivity index is 1.89. The SMILES string of the molecule is CCOc1ccc(O)c(CNCC2(O)CCCC2)c1. The normalized spacial score (nSPS) is 17.6. The lowest BCUT2D eigenvalue weighted by Gasteiger charge is -2.22. The molecule has 1 aromatic rings. The predicted octanol–water partition coefficient (Wildman–Crippen LogP) is 2.19. The number of benzene rings is 1. The quantitative estimate of drug-likeness (QED) is 0.738. The Hall–Kier alpha value is -1.26. The Labute approximate surface area is 114 Å². The van der Waals surface area contributed by atoms with E-state index in [0.717, 1.165) is 37.0 Å². The number of aromatic hydroxyl groups is 1. The van der Waals surface area contributed by atoms with Crippen molar-refractivity contribution >= 4 is 0 Å². The van der Waals surface area contributed by atoms with Gasteiger partial charge in [-0.1, -0.05) is 12.8 Å². The summed E-state index contributed by atoms with van der Waals surface area (Å²) in [7, 11) is 0. The molecule has 3 N–H and O–H groups in total. The smallest absolute Gasteiger partial charge is 0.120 e. The van der Waals surface area contributed by atoms with E-state index >= 15 is 0 Å². The Morgan fingerprint density at radius 2 is 2.05 bits per heavy atom. The second-order valence-corrected chi connectivity index (χ2v) is 5.26. The van der Waals surface area contributed by atoms with Crippen LogP contribution < -0.4 is 10.1 Å². The number of ether oxygens (including phenoxy) is 1. The summed E-state index contributed by atoms with van der Waals surface area (Å²) >= 11 is 0. The van der Waals surface area contributed by atoms with Crippen LogP contribution in [-0.2, 0) is 6.54 Å². The van der Waals surface area contributed by atoms with Crippen molar-refractivity contribution in [2.24, 2.45) is 0 Å².